The molecule has 1 unspecified atom stereocenters. The molecule has 4 aromatic heterocycles. The summed E-state index contributed by atoms with van der Waals surface area (Å²) in [7, 11) is 0. The smallest absolute Gasteiger partial charge is 0.386 e. The topological polar surface area (TPSA) is 134 Å². The molecule has 2 atom stereocenters. The Balaban J connectivity index is 1.45. The van der Waals surface area contributed by atoms with Gasteiger partial charge in [-0.15, -0.1) is 0 Å². The molecule has 168 valence electrons. The number of rotatable bonds is 4. The molecule has 5 rings (SSSR count). The van der Waals surface area contributed by atoms with Gasteiger partial charge in [-0.2, -0.15) is 13.2 Å². The molecule has 0 saturated heterocycles. The van der Waals surface area contributed by atoms with E-state index in [0.29, 0.717) is 22.4 Å². The number of aliphatic hydroxyl groups excluding tert-OH is 1. The summed E-state index contributed by atoms with van der Waals surface area (Å²) in [5.41, 5.74) is 0.285. The third-order valence-electron chi connectivity index (χ3n) is 5.34. The van der Waals surface area contributed by atoms with Crippen LogP contribution in [0.5, 0.6) is 0 Å². The Morgan fingerprint density at radius 1 is 1.09 bits per heavy atom. The average Bonchev–Trinajstić information content (AvgIpc) is 3.43. The molecular weight excluding hydrogens is 441 g/mol. The normalized spacial score (nSPS) is 14.1. The van der Waals surface area contributed by atoms with E-state index in [4.69, 9.17) is 4.52 Å². The second kappa shape index (κ2) is 7.52. The lowest BCUT2D eigenvalue weighted by molar-refractivity contribution is -0.137. The Hall–Kier alpha value is -4.06. The minimum Gasteiger partial charge on any atom is -0.386 e. The fourth-order valence-electron chi connectivity index (χ4n) is 3.54. The van der Waals surface area contributed by atoms with Gasteiger partial charge in [-0.1, -0.05) is 12.1 Å². The number of aromatic nitrogens is 6. The van der Waals surface area contributed by atoms with Gasteiger partial charge in [0.15, 0.2) is 5.82 Å². The first-order chi connectivity index (χ1) is 15.7. The SMILES string of the molecule is C[C@H](c1cc(-c2nc3ccc(C(F)(F)F)cc3[nH]2)no1)C(O)c1ncnc2[nH]c(=O)ccc12. The molecule has 0 fully saturated rings. The summed E-state index contributed by atoms with van der Waals surface area (Å²) in [6, 6.07) is 7.58. The van der Waals surface area contributed by atoms with Crippen molar-refractivity contribution in [2.45, 2.75) is 25.1 Å². The van der Waals surface area contributed by atoms with Crippen LogP contribution < -0.4 is 5.56 Å². The molecule has 3 N–H and O–H groups in total. The van der Waals surface area contributed by atoms with E-state index in [1.54, 1.807) is 13.0 Å². The van der Waals surface area contributed by atoms with Gasteiger partial charge in [0.05, 0.1) is 22.3 Å². The number of nitrogens with one attached hydrogen (secondary N) is 2. The van der Waals surface area contributed by atoms with E-state index in [9.17, 15) is 23.1 Å². The first kappa shape index (κ1) is 20.8. The van der Waals surface area contributed by atoms with Crippen molar-refractivity contribution in [3.63, 3.8) is 0 Å². The Morgan fingerprint density at radius 3 is 2.70 bits per heavy atom. The van der Waals surface area contributed by atoms with Crippen LogP contribution in [-0.2, 0) is 6.18 Å². The zero-order chi connectivity index (χ0) is 23.3. The maximum absolute atomic E-state index is 13.0. The number of pyridine rings is 1. The van der Waals surface area contributed by atoms with Crippen molar-refractivity contribution in [1.29, 1.82) is 0 Å². The molecule has 4 heterocycles. The Bertz CT molecular complexity index is 1540. The van der Waals surface area contributed by atoms with E-state index in [0.717, 1.165) is 12.1 Å². The molecule has 33 heavy (non-hydrogen) atoms. The van der Waals surface area contributed by atoms with Crippen LogP contribution in [0.2, 0.25) is 0 Å². The number of benzene rings is 1. The lowest BCUT2D eigenvalue weighted by Crippen LogP contribution is -2.12. The van der Waals surface area contributed by atoms with Gasteiger partial charge in [-0.25, -0.2) is 15.0 Å². The van der Waals surface area contributed by atoms with Crippen molar-refractivity contribution in [3.8, 4) is 11.5 Å². The maximum atomic E-state index is 13.0. The largest absolute Gasteiger partial charge is 0.416 e. The number of halogens is 3. The second-order valence-corrected chi connectivity index (χ2v) is 7.51. The molecular formula is C21H15F3N6O3. The second-order valence-electron chi connectivity index (χ2n) is 7.51. The molecule has 5 aromatic rings. The van der Waals surface area contributed by atoms with Gasteiger partial charge in [0, 0.05) is 23.4 Å². The summed E-state index contributed by atoms with van der Waals surface area (Å²) < 4.78 is 44.3. The number of aliphatic hydroxyl groups is 1. The van der Waals surface area contributed by atoms with Crippen LogP contribution in [-0.4, -0.2) is 35.2 Å². The third kappa shape index (κ3) is 3.74. The molecule has 12 heteroatoms. The maximum Gasteiger partial charge on any atom is 0.416 e. The lowest BCUT2D eigenvalue weighted by Gasteiger charge is -2.16. The molecule has 0 amide bonds. The minimum atomic E-state index is -4.47. The number of aromatic amines is 2. The number of imidazole rings is 1. The summed E-state index contributed by atoms with van der Waals surface area (Å²) in [5.74, 6) is -0.0614. The van der Waals surface area contributed by atoms with Gasteiger partial charge in [-0.05, 0) is 24.3 Å². The van der Waals surface area contributed by atoms with Gasteiger partial charge >= 0.3 is 6.18 Å². The molecule has 9 nitrogen and oxygen atoms in total. The number of fused-ring (bicyclic) bond motifs is 2. The highest BCUT2D eigenvalue weighted by molar-refractivity contribution is 5.79. The highest BCUT2D eigenvalue weighted by atomic mass is 19.4. The molecule has 0 aliphatic rings. The van der Waals surface area contributed by atoms with E-state index in [1.807, 2.05) is 0 Å². The van der Waals surface area contributed by atoms with Crippen molar-refractivity contribution < 1.29 is 22.8 Å². The summed E-state index contributed by atoms with van der Waals surface area (Å²) in [6.45, 7) is 1.70. The van der Waals surface area contributed by atoms with Gasteiger partial charge in [0.25, 0.3) is 0 Å². The van der Waals surface area contributed by atoms with Crippen molar-refractivity contribution in [1.82, 2.24) is 30.1 Å². The lowest BCUT2D eigenvalue weighted by atomic mass is 9.97. The Labute approximate surface area is 182 Å². The molecule has 0 aliphatic heterocycles. The van der Waals surface area contributed by atoms with Gasteiger partial charge in [0.1, 0.15) is 29.5 Å². The monoisotopic (exact) mass is 456 g/mol. The summed E-state index contributed by atoms with van der Waals surface area (Å²) in [4.78, 5) is 29.3. The molecule has 0 radical (unpaired) electrons. The van der Waals surface area contributed by atoms with E-state index in [1.165, 1.54) is 24.5 Å². The van der Waals surface area contributed by atoms with Crippen LogP contribution in [0.1, 0.15) is 36.0 Å². The predicted octanol–water partition coefficient (Wildman–Crippen LogP) is 3.71. The first-order valence-corrected chi connectivity index (χ1v) is 9.76. The van der Waals surface area contributed by atoms with Crippen molar-refractivity contribution >= 4 is 22.1 Å². The van der Waals surface area contributed by atoms with Crippen LogP contribution >= 0.6 is 0 Å². The van der Waals surface area contributed by atoms with Crippen LogP contribution in [0.15, 0.2) is 52.0 Å². The predicted molar refractivity (Wildman–Crippen MR) is 110 cm³/mol. The quantitative estimate of drug-likeness (QED) is 0.375. The summed E-state index contributed by atoms with van der Waals surface area (Å²) in [6.07, 6.45) is -4.35. The fraction of sp³-hybridized carbons (Fsp3) is 0.190. The van der Waals surface area contributed by atoms with Crippen molar-refractivity contribution in [2.24, 2.45) is 0 Å². The summed E-state index contributed by atoms with van der Waals surface area (Å²) in [5, 5.41) is 15.3. The number of hydrogen-bond donors (Lipinski definition) is 3. The highest BCUT2D eigenvalue weighted by Gasteiger charge is 2.31. The molecule has 0 spiro atoms. The molecule has 0 bridgehead atoms. The van der Waals surface area contributed by atoms with E-state index in [-0.39, 0.29) is 28.2 Å². The number of alkyl halides is 3. The Kier molecular flexibility index (Phi) is 4.74. The molecule has 0 aliphatic carbocycles. The standard InChI is InChI=1S/C21H15F3N6O3/c1-9(18(32)17-11-3-5-16(31)29-19(11)26-8-25-17)15-7-14(30-33-15)20-27-12-4-2-10(21(22,23)24)6-13(12)28-20/h2-9,18,32H,1H3,(H,27,28)(H,25,26,29,31)/t9-,18?/m1/s1. The van der Waals surface area contributed by atoms with Gasteiger partial charge < -0.3 is 19.6 Å². The summed E-state index contributed by atoms with van der Waals surface area (Å²) >= 11 is 0. The average molecular weight is 456 g/mol. The fourth-order valence-corrected chi connectivity index (χ4v) is 3.54. The van der Waals surface area contributed by atoms with E-state index in [2.05, 4.69) is 30.1 Å². The third-order valence-corrected chi connectivity index (χ3v) is 5.34. The van der Waals surface area contributed by atoms with Gasteiger partial charge in [-0.3, -0.25) is 4.79 Å². The van der Waals surface area contributed by atoms with Crippen LogP contribution in [0.25, 0.3) is 33.6 Å². The van der Waals surface area contributed by atoms with Crippen molar-refractivity contribution in [2.75, 3.05) is 0 Å². The first-order valence-electron chi connectivity index (χ1n) is 9.76. The Morgan fingerprint density at radius 2 is 1.91 bits per heavy atom. The van der Waals surface area contributed by atoms with Gasteiger partial charge in [0.2, 0.25) is 5.56 Å². The van der Waals surface area contributed by atoms with Crippen LogP contribution in [0.4, 0.5) is 13.2 Å². The van der Waals surface area contributed by atoms with Crippen LogP contribution in [0, 0.1) is 0 Å². The number of H-pyrrole nitrogens is 2. The van der Waals surface area contributed by atoms with Crippen molar-refractivity contribution in [3.05, 3.63) is 70.1 Å². The molecule has 1 aromatic carbocycles. The van der Waals surface area contributed by atoms with E-state index >= 15 is 0 Å². The molecule has 0 saturated carbocycles. The minimum absolute atomic E-state index is 0.207. The zero-order valence-electron chi connectivity index (χ0n) is 16.9. The number of hydrogen-bond acceptors (Lipinski definition) is 7. The van der Waals surface area contributed by atoms with Crippen LogP contribution in [0.3, 0.4) is 0 Å². The highest BCUT2D eigenvalue weighted by Crippen LogP contribution is 2.35. The zero-order valence-corrected chi connectivity index (χ0v) is 16.9. The number of nitrogens with zero attached hydrogens (tertiary/aromatic N) is 4. The van der Waals surface area contributed by atoms with E-state index < -0.39 is 23.8 Å².